The minimum absolute atomic E-state index is 0.0256. The molecule has 1 aliphatic heterocycles. The maximum atomic E-state index is 13.2. The van der Waals surface area contributed by atoms with Gasteiger partial charge >= 0.3 is 0 Å². The van der Waals surface area contributed by atoms with Gasteiger partial charge < -0.3 is 15.3 Å². The number of amides is 1. The van der Waals surface area contributed by atoms with E-state index in [1.54, 1.807) is 6.07 Å². The smallest absolute Gasteiger partial charge is 0.234 e. The Balaban J connectivity index is 1.56. The highest BCUT2D eigenvalue weighted by atomic mass is 16.3. The summed E-state index contributed by atoms with van der Waals surface area (Å²) in [4.78, 5) is 15.4. The van der Waals surface area contributed by atoms with Crippen molar-refractivity contribution in [2.24, 2.45) is 0 Å². The lowest BCUT2D eigenvalue weighted by Gasteiger charge is -2.35. The molecule has 0 spiro atoms. The Bertz CT molecular complexity index is 957. The zero-order valence-electron chi connectivity index (χ0n) is 16.8. The first-order chi connectivity index (χ1) is 14.0. The van der Waals surface area contributed by atoms with Crippen LogP contribution in [0.3, 0.4) is 0 Å². The van der Waals surface area contributed by atoms with Gasteiger partial charge in [0.2, 0.25) is 5.91 Å². The maximum Gasteiger partial charge on any atom is 0.234 e. The Hall–Kier alpha value is -2.84. The van der Waals surface area contributed by atoms with Crippen molar-refractivity contribution in [2.75, 3.05) is 23.3 Å². The standard InChI is InChI=1S/C24H27N3O2/c1-24(12-4-6-17-5-2-3-7-21(17)24)23(29)26-19-8-9-22(18(15-19)16-25)27-13-10-20(28)11-14-27/h2-3,5,7-9,15,20,28H,4,6,10-14H2,1H3,(H,26,29)/t24-/m1/s1. The van der Waals surface area contributed by atoms with E-state index in [9.17, 15) is 15.2 Å². The second-order valence-corrected chi connectivity index (χ2v) is 8.36. The van der Waals surface area contributed by atoms with Crippen LogP contribution >= 0.6 is 0 Å². The Labute approximate surface area is 172 Å². The van der Waals surface area contributed by atoms with Crippen molar-refractivity contribution in [1.29, 1.82) is 5.26 Å². The fourth-order valence-corrected chi connectivity index (χ4v) is 4.63. The number of hydrogen-bond acceptors (Lipinski definition) is 4. The van der Waals surface area contributed by atoms with Crippen molar-refractivity contribution in [3.8, 4) is 6.07 Å². The molecule has 1 aliphatic carbocycles. The van der Waals surface area contributed by atoms with E-state index in [1.807, 2.05) is 31.2 Å². The maximum absolute atomic E-state index is 13.2. The normalized spacial score (nSPS) is 21.9. The summed E-state index contributed by atoms with van der Waals surface area (Å²) in [5, 5.41) is 22.4. The Morgan fingerprint density at radius 2 is 2.00 bits per heavy atom. The Morgan fingerprint density at radius 1 is 1.24 bits per heavy atom. The van der Waals surface area contributed by atoms with Crippen molar-refractivity contribution in [3.63, 3.8) is 0 Å². The first-order valence-corrected chi connectivity index (χ1v) is 10.4. The van der Waals surface area contributed by atoms with E-state index < -0.39 is 5.41 Å². The van der Waals surface area contributed by atoms with Gasteiger partial charge in [0.25, 0.3) is 0 Å². The molecule has 2 aromatic rings. The lowest BCUT2D eigenvalue weighted by atomic mass is 9.70. The number of carbonyl (C=O) groups excluding carboxylic acids is 1. The van der Waals surface area contributed by atoms with Crippen LogP contribution < -0.4 is 10.2 Å². The third-order valence-corrected chi connectivity index (χ3v) is 6.42. The van der Waals surface area contributed by atoms with Gasteiger partial charge in [-0.3, -0.25) is 4.79 Å². The highest BCUT2D eigenvalue weighted by Crippen LogP contribution is 2.38. The topological polar surface area (TPSA) is 76.4 Å². The molecule has 0 aromatic heterocycles. The van der Waals surface area contributed by atoms with Crippen LogP contribution in [-0.4, -0.2) is 30.2 Å². The summed E-state index contributed by atoms with van der Waals surface area (Å²) in [6, 6.07) is 16.0. The molecule has 0 unspecified atom stereocenters. The quantitative estimate of drug-likeness (QED) is 0.838. The predicted molar refractivity (Wildman–Crippen MR) is 114 cm³/mol. The van der Waals surface area contributed by atoms with Crippen molar-refractivity contribution in [3.05, 3.63) is 59.2 Å². The number of aryl methyl sites for hydroxylation is 1. The molecule has 5 nitrogen and oxygen atoms in total. The van der Waals surface area contributed by atoms with Crippen LogP contribution in [0.5, 0.6) is 0 Å². The molecular formula is C24H27N3O2. The average molecular weight is 389 g/mol. The van der Waals surface area contributed by atoms with Crippen molar-refractivity contribution in [2.45, 2.75) is 50.5 Å². The summed E-state index contributed by atoms with van der Waals surface area (Å²) >= 11 is 0. The van der Waals surface area contributed by atoms with Crippen LogP contribution in [0.4, 0.5) is 11.4 Å². The van der Waals surface area contributed by atoms with Crippen LogP contribution in [0, 0.1) is 11.3 Å². The highest BCUT2D eigenvalue weighted by molar-refractivity contribution is 5.99. The zero-order chi connectivity index (χ0) is 20.4. The second kappa shape index (κ2) is 7.88. The number of aliphatic hydroxyl groups excluding tert-OH is 1. The number of anilines is 2. The highest BCUT2D eigenvalue weighted by Gasteiger charge is 2.38. The third kappa shape index (κ3) is 3.73. The number of fused-ring (bicyclic) bond motifs is 1. The number of nitrogens with one attached hydrogen (secondary N) is 1. The first-order valence-electron chi connectivity index (χ1n) is 10.4. The molecule has 2 N–H and O–H groups in total. The number of piperidine rings is 1. The first kappa shape index (κ1) is 19.5. The molecule has 2 aliphatic rings. The van der Waals surface area contributed by atoms with E-state index in [-0.39, 0.29) is 12.0 Å². The van der Waals surface area contributed by atoms with E-state index in [2.05, 4.69) is 28.4 Å². The molecule has 1 atom stereocenters. The molecule has 1 fully saturated rings. The van der Waals surface area contributed by atoms with Crippen LogP contribution in [0.15, 0.2) is 42.5 Å². The SMILES string of the molecule is C[C@@]1(C(=O)Nc2ccc(N3CCC(O)CC3)c(C#N)c2)CCCc2ccccc21. The summed E-state index contributed by atoms with van der Waals surface area (Å²) in [6.07, 6.45) is 3.98. The summed E-state index contributed by atoms with van der Waals surface area (Å²) in [5.74, 6) is -0.0256. The molecule has 0 bridgehead atoms. The molecule has 2 aromatic carbocycles. The molecule has 1 heterocycles. The fourth-order valence-electron chi connectivity index (χ4n) is 4.63. The van der Waals surface area contributed by atoms with E-state index >= 15 is 0 Å². The number of carbonyl (C=O) groups is 1. The predicted octanol–water partition coefficient (Wildman–Crippen LogP) is 3.75. The van der Waals surface area contributed by atoms with Crippen molar-refractivity contribution < 1.29 is 9.90 Å². The van der Waals surface area contributed by atoms with Crippen molar-refractivity contribution in [1.82, 2.24) is 0 Å². The molecule has 4 rings (SSSR count). The van der Waals surface area contributed by atoms with Gasteiger partial charge in [0.1, 0.15) is 6.07 Å². The molecule has 1 amide bonds. The summed E-state index contributed by atoms with van der Waals surface area (Å²) in [6.45, 7) is 3.48. The van der Waals surface area contributed by atoms with Gasteiger partial charge in [-0.05, 0) is 68.4 Å². The monoisotopic (exact) mass is 389 g/mol. The molecule has 0 saturated carbocycles. The number of nitriles is 1. The summed E-state index contributed by atoms with van der Waals surface area (Å²) < 4.78 is 0. The van der Waals surface area contributed by atoms with Gasteiger partial charge in [-0.1, -0.05) is 24.3 Å². The molecule has 0 radical (unpaired) electrons. The van der Waals surface area contributed by atoms with E-state index in [1.165, 1.54) is 5.56 Å². The van der Waals surface area contributed by atoms with Crippen LogP contribution in [0.2, 0.25) is 0 Å². The molecule has 1 saturated heterocycles. The minimum Gasteiger partial charge on any atom is -0.393 e. The van der Waals surface area contributed by atoms with Gasteiger partial charge in [0, 0.05) is 18.8 Å². The lowest BCUT2D eigenvalue weighted by Crippen LogP contribution is -2.40. The fraction of sp³-hybridized carbons (Fsp3) is 0.417. The van der Waals surface area contributed by atoms with Crippen LogP contribution in [-0.2, 0) is 16.6 Å². The number of rotatable bonds is 3. The van der Waals surface area contributed by atoms with Gasteiger partial charge in [-0.15, -0.1) is 0 Å². The van der Waals surface area contributed by atoms with Crippen molar-refractivity contribution >= 4 is 17.3 Å². The van der Waals surface area contributed by atoms with E-state index in [4.69, 9.17) is 0 Å². The van der Waals surface area contributed by atoms with Crippen LogP contribution in [0.1, 0.15) is 49.3 Å². The van der Waals surface area contributed by atoms with Gasteiger partial charge in [0.15, 0.2) is 0 Å². The molecule has 29 heavy (non-hydrogen) atoms. The Kier molecular flexibility index (Phi) is 5.29. The number of nitrogens with zero attached hydrogens (tertiary/aromatic N) is 2. The zero-order valence-corrected chi connectivity index (χ0v) is 16.8. The number of benzene rings is 2. The number of aliphatic hydroxyl groups is 1. The number of hydrogen-bond donors (Lipinski definition) is 2. The lowest BCUT2D eigenvalue weighted by molar-refractivity contribution is -0.121. The third-order valence-electron chi connectivity index (χ3n) is 6.42. The second-order valence-electron chi connectivity index (χ2n) is 8.36. The molecule has 5 heteroatoms. The largest absolute Gasteiger partial charge is 0.393 e. The molecule has 150 valence electrons. The van der Waals surface area contributed by atoms with Gasteiger partial charge in [0.05, 0.1) is 22.8 Å². The van der Waals surface area contributed by atoms with Gasteiger partial charge in [-0.2, -0.15) is 5.26 Å². The van der Waals surface area contributed by atoms with Crippen LogP contribution in [0.25, 0.3) is 0 Å². The van der Waals surface area contributed by atoms with Gasteiger partial charge in [-0.25, -0.2) is 0 Å². The molecular weight excluding hydrogens is 362 g/mol. The summed E-state index contributed by atoms with van der Waals surface area (Å²) in [5.41, 5.74) is 3.85. The minimum atomic E-state index is -0.566. The average Bonchev–Trinajstić information content (AvgIpc) is 2.74. The Morgan fingerprint density at radius 3 is 2.76 bits per heavy atom. The van der Waals surface area contributed by atoms with E-state index in [0.717, 1.165) is 43.6 Å². The summed E-state index contributed by atoms with van der Waals surface area (Å²) in [7, 11) is 0. The van der Waals surface area contributed by atoms with E-state index in [0.29, 0.717) is 24.1 Å².